The molecule has 102 valence electrons. The zero-order chi connectivity index (χ0) is 14.3. The van der Waals surface area contributed by atoms with Gasteiger partial charge in [-0.25, -0.2) is 4.98 Å². The van der Waals surface area contributed by atoms with E-state index >= 15 is 0 Å². The van der Waals surface area contributed by atoms with Crippen molar-refractivity contribution in [2.45, 2.75) is 26.8 Å². The fourth-order valence-corrected chi connectivity index (χ4v) is 2.79. The van der Waals surface area contributed by atoms with Gasteiger partial charge in [-0.15, -0.1) is 0 Å². The minimum absolute atomic E-state index is 0.0744. The molecule has 0 radical (unpaired) electrons. The van der Waals surface area contributed by atoms with Crippen molar-refractivity contribution in [3.05, 3.63) is 63.8 Å². The van der Waals surface area contributed by atoms with Crippen LogP contribution < -0.4 is 5.56 Å². The first kappa shape index (κ1) is 12.7. The number of aromatic amines is 1. The van der Waals surface area contributed by atoms with Crippen molar-refractivity contribution in [1.29, 1.82) is 0 Å². The van der Waals surface area contributed by atoms with Gasteiger partial charge in [-0.1, -0.05) is 30.3 Å². The number of hydrogen-bond acceptors (Lipinski definition) is 2. The van der Waals surface area contributed by atoms with E-state index in [-0.39, 0.29) is 11.6 Å². The number of hydrogen-bond donors (Lipinski definition) is 1. The number of fused-ring (bicyclic) bond motifs is 1. The Bertz CT molecular complexity index is 815. The summed E-state index contributed by atoms with van der Waals surface area (Å²) < 4.78 is 2.13. The maximum atomic E-state index is 12.0. The highest BCUT2D eigenvalue weighted by Gasteiger charge is 2.19. The molecule has 1 atom stereocenters. The van der Waals surface area contributed by atoms with Gasteiger partial charge in [-0.3, -0.25) is 4.79 Å². The molecule has 20 heavy (non-hydrogen) atoms. The van der Waals surface area contributed by atoms with E-state index in [1.54, 1.807) is 0 Å². The van der Waals surface area contributed by atoms with E-state index in [1.165, 1.54) is 11.9 Å². The fourth-order valence-electron chi connectivity index (χ4n) is 2.79. The largest absolute Gasteiger partial charge is 0.322 e. The first-order valence-corrected chi connectivity index (χ1v) is 6.71. The summed E-state index contributed by atoms with van der Waals surface area (Å²) in [6.45, 7) is 6.14. The number of aromatic nitrogens is 3. The Morgan fingerprint density at radius 2 is 1.90 bits per heavy atom. The van der Waals surface area contributed by atoms with Gasteiger partial charge < -0.3 is 9.55 Å². The Balaban J connectivity index is 2.30. The van der Waals surface area contributed by atoms with Crippen molar-refractivity contribution in [3.63, 3.8) is 0 Å². The molecule has 2 aromatic heterocycles. The van der Waals surface area contributed by atoms with E-state index < -0.39 is 0 Å². The fraction of sp³-hybridized carbons (Fsp3) is 0.250. The number of nitrogens with one attached hydrogen (secondary N) is 1. The highest BCUT2D eigenvalue weighted by Crippen LogP contribution is 2.28. The zero-order valence-electron chi connectivity index (χ0n) is 11.8. The van der Waals surface area contributed by atoms with E-state index in [4.69, 9.17) is 0 Å². The molecule has 4 nitrogen and oxygen atoms in total. The van der Waals surface area contributed by atoms with Crippen LogP contribution in [0.2, 0.25) is 0 Å². The zero-order valence-corrected chi connectivity index (χ0v) is 11.8. The Morgan fingerprint density at radius 1 is 1.20 bits per heavy atom. The Hall–Kier alpha value is -2.36. The average molecular weight is 267 g/mol. The van der Waals surface area contributed by atoms with Gasteiger partial charge in [-0.05, 0) is 31.9 Å². The normalized spacial score (nSPS) is 12.8. The summed E-state index contributed by atoms with van der Waals surface area (Å²) >= 11 is 0. The summed E-state index contributed by atoms with van der Waals surface area (Å²) in [7, 11) is 0. The Morgan fingerprint density at radius 3 is 2.60 bits per heavy atom. The molecule has 0 unspecified atom stereocenters. The number of nitrogens with zero attached hydrogens (tertiary/aromatic N) is 2. The van der Waals surface area contributed by atoms with Crippen LogP contribution in [0.3, 0.4) is 0 Å². The van der Waals surface area contributed by atoms with Gasteiger partial charge in [0.05, 0.1) is 17.8 Å². The third kappa shape index (κ3) is 1.76. The lowest BCUT2D eigenvalue weighted by atomic mass is 10.1. The average Bonchev–Trinajstić information content (AvgIpc) is 2.72. The van der Waals surface area contributed by atoms with Gasteiger partial charge in [0.1, 0.15) is 5.65 Å². The van der Waals surface area contributed by atoms with Crippen molar-refractivity contribution in [2.24, 2.45) is 0 Å². The second-order valence-corrected chi connectivity index (χ2v) is 5.10. The topological polar surface area (TPSA) is 50.7 Å². The first-order valence-electron chi connectivity index (χ1n) is 6.71. The van der Waals surface area contributed by atoms with Crippen LogP contribution in [0, 0.1) is 13.8 Å². The molecule has 0 saturated heterocycles. The summed E-state index contributed by atoms with van der Waals surface area (Å²) in [5, 5.41) is 0.688. The monoisotopic (exact) mass is 267 g/mol. The van der Waals surface area contributed by atoms with Crippen LogP contribution in [0.25, 0.3) is 11.0 Å². The quantitative estimate of drug-likeness (QED) is 0.776. The molecule has 3 rings (SSSR count). The summed E-state index contributed by atoms with van der Waals surface area (Å²) in [6, 6.07) is 10.4. The van der Waals surface area contributed by atoms with Gasteiger partial charge in [0.15, 0.2) is 0 Å². The van der Waals surface area contributed by atoms with Crippen LogP contribution in [-0.2, 0) is 0 Å². The lowest BCUT2D eigenvalue weighted by Crippen LogP contribution is -2.11. The van der Waals surface area contributed by atoms with Crippen molar-refractivity contribution < 1.29 is 0 Å². The molecule has 1 aromatic carbocycles. The second-order valence-electron chi connectivity index (χ2n) is 5.10. The molecule has 0 aliphatic heterocycles. The molecule has 2 heterocycles. The Kier molecular flexibility index (Phi) is 2.93. The van der Waals surface area contributed by atoms with Gasteiger partial charge in [-0.2, -0.15) is 0 Å². The molecule has 0 saturated carbocycles. The van der Waals surface area contributed by atoms with Gasteiger partial charge in [0.2, 0.25) is 0 Å². The minimum atomic E-state index is -0.0744. The summed E-state index contributed by atoms with van der Waals surface area (Å²) in [5.74, 6) is 0. The third-order valence-corrected chi connectivity index (χ3v) is 4.01. The van der Waals surface area contributed by atoms with Crippen LogP contribution >= 0.6 is 0 Å². The van der Waals surface area contributed by atoms with Crippen molar-refractivity contribution in [1.82, 2.24) is 14.5 Å². The second kappa shape index (κ2) is 4.63. The molecular formula is C16H17N3O. The number of H-pyrrole nitrogens is 1. The third-order valence-electron chi connectivity index (χ3n) is 4.01. The predicted octanol–water partition coefficient (Wildman–Crippen LogP) is 2.95. The highest BCUT2D eigenvalue weighted by molar-refractivity contribution is 5.81. The van der Waals surface area contributed by atoms with Crippen LogP contribution in [0.4, 0.5) is 0 Å². The molecule has 0 fully saturated rings. The molecule has 0 bridgehead atoms. The summed E-state index contributed by atoms with van der Waals surface area (Å²) in [6.07, 6.45) is 1.47. The van der Waals surface area contributed by atoms with Crippen LogP contribution in [0.15, 0.2) is 41.5 Å². The lowest BCUT2D eigenvalue weighted by molar-refractivity contribution is 0.639. The predicted molar refractivity (Wildman–Crippen MR) is 80.1 cm³/mol. The molecule has 0 spiro atoms. The van der Waals surface area contributed by atoms with Crippen LogP contribution in [0.5, 0.6) is 0 Å². The number of aryl methyl sites for hydroxylation is 1. The maximum Gasteiger partial charge on any atom is 0.260 e. The molecule has 3 aromatic rings. The number of benzene rings is 1. The minimum Gasteiger partial charge on any atom is -0.322 e. The highest BCUT2D eigenvalue weighted by atomic mass is 16.1. The van der Waals surface area contributed by atoms with E-state index in [9.17, 15) is 4.79 Å². The van der Waals surface area contributed by atoms with Gasteiger partial charge in [0.25, 0.3) is 5.56 Å². The lowest BCUT2D eigenvalue weighted by Gasteiger charge is -2.17. The van der Waals surface area contributed by atoms with E-state index in [0.717, 1.165) is 16.9 Å². The molecule has 4 heteroatoms. The smallest absolute Gasteiger partial charge is 0.260 e. The summed E-state index contributed by atoms with van der Waals surface area (Å²) in [5.41, 5.74) is 3.96. The SMILES string of the molecule is Cc1c(C)n([C@@H](C)c2ccccc2)c2nc[nH]c(=O)c12. The van der Waals surface area contributed by atoms with Crippen LogP contribution in [-0.4, -0.2) is 14.5 Å². The molecule has 0 aliphatic carbocycles. The van der Waals surface area contributed by atoms with Gasteiger partial charge in [0, 0.05) is 5.69 Å². The maximum absolute atomic E-state index is 12.0. The Labute approximate surface area is 117 Å². The molecule has 0 aliphatic rings. The molecule has 0 amide bonds. The van der Waals surface area contributed by atoms with Crippen molar-refractivity contribution in [3.8, 4) is 0 Å². The molecule has 1 N–H and O–H groups in total. The summed E-state index contributed by atoms with van der Waals surface area (Å²) in [4.78, 5) is 19.0. The van der Waals surface area contributed by atoms with Crippen molar-refractivity contribution >= 4 is 11.0 Å². The van der Waals surface area contributed by atoms with E-state index in [1.807, 2.05) is 32.0 Å². The standard InChI is InChI=1S/C16H17N3O/c1-10-11(2)19(12(3)13-7-5-4-6-8-13)15-14(10)16(20)18-9-17-15/h4-9,12H,1-3H3,(H,17,18,20)/t12-/m0/s1. The number of rotatable bonds is 2. The first-order chi connectivity index (χ1) is 9.61. The van der Waals surface area contributed by atoms with Gasteiger partial charge >= 0.3 is 0 Å². The van der Waals surface area contributed by atoms with E-state index in [0.29, 0.717) is 5.39 Å². The van der Waals surface area contributed by atoms with E-state index in [2.05, 4.69) is 33.6 Å². The van der Waals surface area contributed by atoms with Crippen LogP contribution in [0.1, 0.15) is 29.8 Å². The van der Waals surface area contributed by atoms with Crippen molar-refractivity contribution in [2.75, 3.05) is 0 Å². The molecular weight excluding hydrogens is 250 g/mol.